The molecule has 1 aromatic carbocycles. The molecule has 7 nitrogen and oxygen atoms in total. The molecule has 0 atom stereocenters. The fraction of sp³-hybridized carbons (Fsp3) is 0. The Morgan fingerprint density at radius 3 is 2.87 bits per heavy atom. The molecule has 0 N–H and O–H groups in total. The van der Waals surface area contributed by atoms with Gasteiger partial charge in [0, 0.05) is 12.1 Å². The molecule has 0 aliphatic rings. The zero-order valence-corrected chi connectivity index (χ0v) is 8.83. The smallest absolute Gasteiger partial charge is 0.258 e. The van der Waals surface area contributed by atoms with Crippen LogP contribution in [0.1, 0.15) is 0 Å². The highest BCUT2D eigenvalue weighted by molar-refractivity contribution is 9.10. The number of nitro benzene ring substituents is 1. The lowest BCUT2D eigenvalue weighted by Crippen LogP contribution is -1.98. The highest BCUT2D eigenvalue weighted by Gasteiger charge is 2.09. The van der Waals surface area contributed by atoms with Crippen molar-refractivity contribution in [1.29, 1.82) is 0 Å². The predicted octanol–water partition coefficient (Wildman–Crippen LogP) is 1.33. The molecule has 0 unspecified atom stereocenters. The van der Waals surface area contributed by atoms with Gasteiger partial charge in [0.15, 0.2) is 0 Å². The van der Waals surface area contributed by atoms with Gasteiger partial charge in [-0.1, -0.05) is 6.07 Å². The summed E-state index contributed by atoms with van der Waals surface area (Å²) in [5, 5.41) is 21.2. The molecule has 0 aliphatic heterocycles. The Bertz CT molecular complexity index is 512. The van der Waals surface area contributed by atoms with Gasteiger partial charge in [0.2, 0.25) is 4.73 Å². The molecule has 0 radical (unpaired) electrons. The van der Waals surface area contributed by atoms with E-state index < -0.39 is 4.92 Å². The number of halogens is 1. The first-order chi connectivity index (χ1) is 7.18. The topological polar surface area (TPSA) is 86.7 Å². The number of non-ortho nitro benzene ring substituents is 1. The third-order valence-corrected chi connectivity index (χ3v) is 2.21. The lowest BCUT2D eigenvalue weighted by Gasteiger charge is -1.99. The lowest BCUT2D eigenvalue weighted by molar-refractivity contribution is -0.384. The number of hydrogen-bond donors (Lipinski definition) is 0. The monoisotopic (exact) mass is 269 g/mol. The van der Waals surface area contributed by atoms with Crippen LogP contribution in [0.3, 0.4) is 0 Å². The van der Waals surface area contributed by atoms with Gasteiger partial charge in [-0.2, -0.15) is 4.68 Å². The summed E-state index contributed by atoms with van der Waals surface area (Å²) in [7, 11) is 0. The molecular weight excluding hydrogens is 266 g/mol. The first-order valence-corrected chi connectivity index (χ1v) is 4.66. The Morgan fingerprint density at radius 2 is 2.27 bits per heavy atom. The van der Waals surface area contributed by atoms with Gasteiger partial charge in [-0.15, -0.1) is 5.10 Å². The second-order valence-corrected chi connectivity index (χ2v) is 3.35. The molecular formula is C7H4BrN5O2. The predicted molar refractivity (Wildman–Crippen MR) is 53.5 cm³/mol. The molecule has 0 saturated heterocycles. The van der Waals surface area contributed by atoms with Crippen LogP contribution >= 0.6 is 15.9 Å². The minimum atomic E-state index is -0.470. The van der Waals surface area contributed by atoms with Gasteiger partial charge in [0.25, 0.3) is 5.69 Å². The van der Waals surface area contributed by atoms with Crippen LogP contribution in [0.5, 0.6) is 0 Å². The van der Waals surface area contributed by atoms with Crippen LogP contribution in [0.15, 0.2) is 29.0 Å². The largest absolute Gasteiger partial charge is 0.271 e. The summed E-state index contributed by atoms with van der Waals surface area (Å²) >= 11 is 3.12. The van der Waals surface area contributed by atoms with Gasteiger partial charge in [0.05, 0.1) is 10.6 Å². The number of aromatic nitrogens is 4. The van der Waals surface area contributed by atoms with E-state index in [4.69, 9.17) is 0 Å². The van der Waals surface area contributed by atoms with E-state index >= 15 is 0 Å². The van der Waals surface area contributed by atoms with Crippen LogP contribution in [0.2, 0.25) is 0 Å². The van der Waals surface area contributed by atoms with Crippen molar-refractivity contribution >= 4 is 21.6 Å². The number of tetrazole rings is 1. The molecule has 1 aromatic heterocycles. The highest BCUT2D eigenvalue weighted by atomic mass is 79.9. The quantitative estimate of drug-likeness (QED) is 0.606. The van der Waals surface area contributed by atoms with Crippen molar-refractivity contribution in [2.75, 3.05) is 0 Å². The first kappa shape index (κ1) is 9.71. The highest BCUT2D eigenvalue weighted by Crippen LogP contribution is 2.17. The van der Waals surface area contributed by atoms with Crippen LogP contribution < -0.4 is 0 Å². The van der Waals surface area contributed by atoms with Crippen LogP contribution in [0.4, 0.5) is 5.69 Å². The Morgan fingerprint density at radius 1 is 1.47 bits per heavy atom. The summed E-state index contributed by atoms with van der Waals surface area (Å²) in [6.45, 7) is 0. The molecule has 0 aliphatic carbocycles. The molecule has 0 amide bonds. The third-order valence-electron chi connectivity index (χ3n) is 1.72. The van der Waals surface area contributed by atoms with Gasteiger partial charge in [0.1, 0.15) is 0 Å². The van der Waals surface area contributed by atoms with Crippen molar-refractivity contribution in [1.82, 2.24) is 20.2 Å². The summed E-state index contributed by atoms with van der Waals surface area (Å²) in [6, 6.07) is 6.04. The molecule has 1 heterocycles. The third kappa shape index (κ3) is 1.84. The van der Waals surface area contributed by atoms with Crippen LogP contribution in [-0.2, 0) is 0 Å². The Labute approximate surface area is 92.0 Å². The van der Waals surface area contributed by atoms with E-state index in [0.29, 0.717) is 10.4 Å². The normalized spacial score (nSPS) is 10.2. The van der Waals surface area contributed by atoms with Gasteiger partial charge in [-0.3, -0.25) is 10.1 Å². The van der Waals surface area contributed by atoms with E-state index in [1.807, 2.05) is 0 Å². The summed E-state index contributed by atoms with van der Waals surface area (Å²) in [5.74, 6) is 0. The molecule has 0 spiro atoms. The number of hydrogen-bond acceptors (Lipinski definition) is 5. The number of benzene rings is 1. The average molecular weight is 270 g/mol. The van der Waals surface area contributed by atoms with E-state index in [1.54, 1.807) is 12.1 Å². The number of rotatable bonds is 2. The summed E-state index contributed by atoms with van der Waals surface area (Å²) < 4.78 is 1.75. The standard InChI is InChI=1S/C7H4BrN5O2/c8-7-9-10-11-12(7)5-2-1-3-6(4-5)13(14)15/h1-4H. The van der Waals surface area contributed by atoms with Crippen molar-refractivity contribution < 1.29 is 4.92 Å². The molecule has 8 heteroatoms. The number of nitro groups is 1. The molecule has 15 heavy (non-hydrogen) atoms. The van der Waals surface area contributed by atoms with Gasteiger partial charge in [-0.25, -0.2) is 0 Å². The van der Waals surface area contributed by atoms with Gasteiger partial charge >= 0.3 is 0 Å². The van der Waals surface area contributed by atoms with Crippen molar-refractivity contribution in [2.24, 2.45) is 0 Å². The van der Waals surface area contributed by atoms with Crippen molar-refractivity contribution in [3.63, 3.8) is 0 Å². The fourth-order valence-electron chi connectivity index (χ4n) is 1.07. The van der Waals surface area contributed by atoms with E-state index in [1.165, 1.54) is 16.8 Å². The maximum Gasteiger partial charge on any atom is 0.271 e. The second kappa shape index (κ2) is 3.73. The average Bonchev–Trinajstić information content (AvgIpc) is 2.64. The Hall–Kier alpha value is -1.83. The van der Waals surface area contributed by atoms with Crippen LogP contribution in [-0.4, -0.2) is 25.1 Å². The zero-order chi connectivity index (χ0) is 10.8. The van der Waals surface area contributed by atoms with E-state index in [0.717, 1.165) is 0 Å². The first-order valence-electron chi connectivity index (χ1n) is 3.87. The van der Waals surface area contributed by atoms with Crippen LogP contribution in [0.25, 0.3) is 5.69 Å². The van der Waals surface area contributed by atoms with Gasteiger partial charge < -0.3 is 0 Å². The Kier molecular flexibility index (Phi) is 2.42. The van der Waals surface area contributed by atoms with E-state index in [9.17, 15) is 10.1 Å². The maximum absolute atomic E-state index is 10.5. The minimum absolute atomic E-state index is 0.00472. The van der Waals surface area contributed by atoms with Crippen LogP contribution in [0, 0.1) is 10.1 Å². The summed E-state index contributed by atoms with van der Waals surface area (Å²) in [5.41, 5.74) is 0.524. The second-order valence-electron chi connectivity index (χ2n) is 2.64. The van der Waals surface area contributed by atoms with E-state index in [2.05, 4.69) is 31.5 Å². The molecule has 0 saturated carbocycles. The number of nitrogens with zero attached hydrogens (tertiary/aromatic N) is 5. The lowest BCUT2D eigenvalue weighted by atomic mass is 10.3. The maximum atomic E-state index is 10.5. The van der Waals surface area contributed by atoms with E-state index in [-0.39, 0.29) is 5.69 Å². The van der Waals surface area contributed by atoms with Crippen molar-refractivity contribution in [2.45, 2.75) is 0 Å². The molecule has 2 aromatic rings. The molecule has 0 bridgehead atoms. The van der Waals surface area contributed by atoms with Crippen molar-refractivity contribution in [3.8, 4) is 5.69 Å². The van der Waals surface area contributed by atoms with Crippen molar-refractivity contribution in [3.05, 3.63) is 39.1 Å². The molecule has 76 valence electrons. The zero-order valence-electron chi connectivity index (χ0n) is 7.24. The van der Waals surface area contributed by atoms with Gasteiger partial charge in [-0.05, 0) is 32.4 Å². The molecule has 0 fully saturated rings. The summed E-state index contributed by atoms with van der Waals surface area (Å²) in [4.78, 5) is 10.1. The minimum Gasteiger partial charge on any atom is -0.258 e. The fourth-order valence-corrected chi connectivity index (χ4v) is 1.42. The summed E-state index contributed by atoms with van der Waals surface area (Å²) in [6.07, 6.45) is 0. The molecule has 2 rings (SSSR count). The Balaban J connectivity index is 2.50. The SMILES string of the molecule is O=[N+]([O-])c1cccc(-n2nnnc2Br)c1.